The number of hydrogen-bond donors (Lipinski definition) is 1. The molecule has 0 aliphatic carbocycles. The summed E-state index contributed by atoms with van der Waals surface area (Å²) in [5.74, 6) is -0.624. The van der Waals surface area contributed by atoms with E-state index in [1.54, 1.807) is 35.5 Å². The first kappa shape index (κ1) is 17.1. The maximum atomic E-state index is 12.7. The van der Waals surface area contributed by atoms with Crippen LogP contribution >= 0.6 is 0 Å². The summed E-state index contributed by atoms with van der Waals surface area (Å²) in [5.41, 5.74) is 7.74. The number of rotatable bonds is 3. The zero-order valence-corrected chi connectivity index (χ0v) is 14.5. The normalized spacial score (nSPS) is 17.0. The van der Waals surface area contributed by atoms with Gasteiger partial charge in [-0.05, 0) is 24.3 Å². The highest BCUT2D eigenvalue weighted by Crippen LogP contribution is 2.26. The highest BCUT2D eigenvalue weighted by molar-refractivity contribution is 6.05. The van der Waals surface area contributed by atoms with Gasteiger partial charge in [0.05, 0.1) is 35.5 Å². The second kappa shape index (κ2) is 7.13. The average Bonchev–Trinajstić information content (AvgIpc) is 2.73. The Labute approximate surface area is 155 Å². The molecular weight excluding hydrogens is 344 g/mol. The molecule has 1 unspecified atom stereocenters. The molecule has 7 heteroatoms. The molecule has 1 aliphatic rings. The summed E-state index contributed by atoms with van der Waals surface area (Å²) in [7, 11) is 0. The predicted octanol–water partition coefficient (Wildman–Crippen LogP) is 1.94. The van der Waals surface area contributed by atoms with Gasteiger partial charge in [-0.2, -0.15) is 0 Å². The zero-order valence-electron chi connectivity index (χ0n) is 14.5. The molecule has 4 rings (SSSR count). The van der Waals surface area contributed by atoms with Gasteiger partial charge in [0.1, 0.15) is 6.10 Å². The van der Waals surface area contributed by atoms with Crippen LogP contribution in [-0.4, -0.2) is 46.4 Å². The quantitative estimate of drug-likeness (QED) is 0.768. The minimum Gasteiger partial charge on any atom is -0.368 e. The highest BCUT2D eigenvalue weighted by Gasteiger charge is 2.28. The van der Waals surface area contributed by atoms with E-state index >= 15 is 0 Å². The second-order valence-electron chi connectivity index (χ2n) is 6.33. The molecule has 1 saturated heterocycles. The number of fused-ring (bicyclic) bond motifs is 1. The van der Waals surface area contributed by atoms with Crippen molar-refractivity contribution in [1.29, 1.82) is 0 Å². The fourth-order valence-corrected chi connectivity index (χ4v) is 3.25. The Balaban J connectivity index is 1.65. The Morgan fingerprint density at radius 2 is 2.04 bits per heavy atom. The van der Waals surface area contributed by atoms with Crippen molar-refractivity contribution >= 4 is 22.7 Å². The van der Waals surface area contributed by atoms with Gasteiger partial charge < -0.3 is 15.4 Å². The van der Waals surface area contributed by atoms with Gasteiger partial charge in [0.25, 0.3) is 5.91 Å². The predicted molar refractivity (Wildman–Crippen MR) is 99.1 cm³/mol. The highest BCUT2D eigenvalue weighted by atomic mass is 16.5. The molecule has 0 saturated carbocycles. The lowest BCUT2D eigenvalue weighted by molar-refractivity contribution is -0.0246. The second-order valence-corrected chi connectivity index (χ2v) is 6.33. The minimum absolute atomic E-state index is 0.104. The van der Waals surface area contributed by atoms with Crippen LogP contribution in [0.4, 0.5) is 0 Å². The van der Waals surface area contributed by atoms with E-state index in [4.69, 9.17) is 10.5 Å². The summed E-state index contributed by atoms with van der Waals surface area (Å²) in [6.45, 7) is 1.22. The van der Waals surface area contributed by atoms with Crippen LogP contribution in [0.3, 0.4) is 0 Å². The summed E-state index contributed by atoms with van der Waals surface area (Å²) in [6, 6.07) is 12.5. The molecule has 1 aromatic carbocycles. The summed E-state index contributed by atoms with van der Waals surface area (Å²) in [6.07, 6.45) is 2.75. The fraction of sp³-hybridized carbons (Fsp3) is 0.200. The number of benzene rings is 1. The first-order chi connectivity index (χ1) is 13.1. The third-order valence-electron chi connectivity index (χ3n) is 4.59. The Bertz CT molecular complexity index is 1010. The molecule has 1 atom stereocenters. The molecular formula is C20H18N4O3. The van der Waals surface area contributed by atoms with Crippen molar-refractivity contribution in [2.24, 2.45) is 5.73 Å². The van der Waals surface area contributed by atoms with E-state index in [1.165, 1.54) is 0 Å². The molecule has 1 fully saturated rings. The van der Waals surface area contributed by atoms with Crippen LogP contribution in [0.2, 0.25) is 0 Å². The lowest BCUT2D eigenvalue weighted by Gasteiger charge is -2.33. The summed E-state index contributed by atoms with van der Waals surface area (Å²) in [4.78, 5) is 34.9. The minimum atomic E-state index is -0.519. The lowest BCUT2D eigenvalue weighted by Crippen LogP contribution is -2.42. The summed E-state index contributed by atoms with van der Waals surface area (Å²) in [5, 5.41) is 0.702. The van der Waals surface area contributed by atoms with Gasteiger partial charge in [-0.1, -0.05) is 18.2 Å². The Morgan fingerprint density at radius 3 is 2.81 bits per heavy atom. The number of ether oxygens (including phenoxy) is 1. The Hall–Kier alpha value is -3.32. The summed E-state index contributed by atoms with van der Waals surface area (Å²) >= 11 is 0. The van der Waals surface area contributed by atoms with E-state index in [9.17, 15) is 9.59 Å². The number of amides is 2. The topological polar surface area (TPSA) is 98.4 Å². The van der Waals surface area contributed by atoms with Crippen LogP contribution in [0, 0.1) is 0 Å². The number of hydrogen-bond acceptors (Lipinski definition) is 5. The number of nitrogens with two attached hydrogens (primary N) is 1. The van der Waals surface area contributed by atoms with E-state index in [1.807, 2.05) is 24.3 Å². The number of pyridine rings is 2. The van der Waals surface area contributed by atoms with E-state index in [2.05, 4.69) is 9.97 Å². The lowest BCUT2D eigenvalue weighted by atomic mass is 10.0. The van der Waals surface area contributed by atoms with Crippen molar-refractivity contribution in [3.05, 3.63) is 71.7 Å². The molecule has 0 spiro atoms. The molecule has 2 aromatic heterocycles. The smallest absolute Gasteiger partial charge is 0.255 e. The number of carbonyl (C=O) groups is 2. The van der Waals surface area contributed by atoms with Crippen molar-refractivity contribution in [2.75, 3.05) is 19.7 Å². The van der Waals surface area contributed by atoms with Crippen molar-refractivity contribution < 1.29 is 14.3 Å². The van der Waals surface area contributed by atoms with Crippen molar-refractivity contribution in [3.63, 3.8) is 0 Å². The van der Waals surface area contributed by atoms with E-state index in [0.29, 0.717) is 47.4 Å². The van der Waals surface area contributed by atoms with Crippen molar-refractivity contribution in [3.8, 4) is 0 Å². The van der Waals surface area contributed by atoms with Crippen LogP contribution < -0.4 is 5.73 Å². The maximum Gasteiger partial charge on any atom is 0.255 e. The third-order valence-corrected chi connectivity index (χ3v) is 4.59. The third kappa shape index (κ3) is 3.37. The van der Waals surface area contributed by atoms with Gasteiger partial charge in [0.2, 0.25) is 5.91 Å². The molecule has 7 nitrogen and oxygen atoms in total. The fourth-order valence-electron chi connectivity index (χ4n) is 3.25. The molecule has 2 N–H and O–H groups in total. The van der Waals surface area contributed by atoms with Crippen molar-refractivity contribution in [1.82, 2.24) is 14.9 Å². The van der Waals surface area contributed by atoms with Gasteiger partial charge in [-0.25, -0.2) is 4.98 Å². The number of aromatic nitrogens is 2. The molecule has 0 bridgehead atoms. The molecule has 0 radical (unpaired) electrons. The van der Waals surface area contributed by atoms with Gasteiger partial charge in [-0.3, -0.25) is 14.6 Å². The first-order valence-corrected chi connectivity index (χ1v) is 8.64. The van der Waals surface area contributed by atoms with Crippen molar-refractivity contribution in [2.45, 2.75) is 6.10 Å². The van der Waals surface area contributed by atoms with Crippen LogP contribution in [0.25, 0.3) is 10.9 Å². The molecule has 3 heterocycles. The van der Waals surface area contributed by atoms with E-state index < -0.39 is 12.0 Å². The SMILES string of the molecule is NC(=O)c1cc(C2CN(C(=O)c3cccnc3)CCO2)nc2ccccc12. The van der Waals surface area contributed by atoms with Gasteiger partial charge in [-0.15, -0.1) is 0 Å². The standard InChI is InChI=1S/C20H18N4O3/c21-19(25)15-10-17(23-16-6-2-1-5-14(15)16)18-12-24(8-9-27-18)20(26)13-4-3-7-22-11-13/h1-7,10-11,18H,8-9,12H2,(H2,21,25). The van der Waals surface area contributed by atoms with E-state index in [0.717, 1.165) is 0 Å². The van der Waals surface area contributed by atoms with Gasteiger partial charge >= 0.3 is 0 Å². The Morgan fingerprint density at radius 1 is 1.19 bits per heavy atom. The number of nitrogens with zero attached hydrogens (tertiary/aromatic N) is 3. The number of morpholine rings is 1. The molecule has 136 valence electrons. The van der Waals surface area contributed by atoms with E-state index in [-0.39, 0.29) is 5.91 Å². The van der Waals surface area contributed by atoms with Crippen LogP contribution in [0.5, 0.6) is 0 Å². The number of carbonyl (C=O) groups excluding carboxylic acids is 2. The summed E-state index contributed by atoms with van der Waals surface area (Å²) < 4.78 is 5.84. The number of para-hydroxylation sites is 1. The average molecular weight is 362 g/mol. The monoisotopic (exact) mass is 362 g/mol. The van der Waals surface area contributed by atoms with Crippen LogP contribution in [-0.2, 0) is 4.74 Å². The largest absolute Gasteiger partial charge is 0.368 e. The maximum absolute atomic E-state index is 12.7. The molecule has 2 amide bonds. The number of primary amides is 1. The Kier molecular flexibility index (Phi) is 4.52. The zero-order chi connectivity index (χ0) is 18.8. The van der Waals surface area contributed by atoms with Gasteiger partial charge in [0.15, 0.2) is 0 Å². The molecule has 27 heavy (non-hydrogen) atoms. The van der Waals surface area contributed by atoms with Crippen LogP contribution in [0.1, 0.15) is 32.5 Å². The van der Waals surface area contributed by atoms with Crippen LogP contribution in [0.15, 0.2) is 54.9 Å². The molecule has 3 aromatic rings. The van der Waals surface area contributed by atoms with Gasteiger partial charge in [0, 0.05) is 24.3 Å². The first-order valence-electron chi connectivity index (χ1n) is 8.64. The molecule has 1 aliphatic heterocycles.